The zero-order valence-electron chi connectivity index (χ0n) is 36.8. The number of nitrogens with zero attached hydrogens (tertiary/aromatic N) is 8. The molecule has 0 atom stereocenters. The van der Waals surface area contributed by atoms with Crippen molar-refractivity contribution in [3.63, 3.8) is 0 Å². The number of Topliss-reactive ketones (excluding diaryl/α,β-unsaturated/α-hetero) is 1. The molecular formula is C41H27ClN8Na3O15S2+. The first-order valence-electron chi connectivity index (χ1n) is 18.4. The molecule has 0 radical (unpaired) electrons. The van der Waals surface area contributed by atoms with E-state index in [1.165, 1.54) is 61.7 Å². The minimum atomic E-state index is -5.16. The largest absolute Gasteiger partial charge is 1.00 e. The van der Waals surface area contributed by atoms with Gasteiger partial charge >= 0.3 is 105 Å². The zero-order valence-corrected chi connectivity index (χ0v) is 45.2. The number of azo groups is 1. The topological polar surface area (TPSA) is 371 Å². The average Bonchev–Trinajstić information content (AvgIpc) is 3.25. The van der Waals surface area contributed by atoms with E-state index in [9.17, 15) is 66.4 Å². The Balaban J connectivity index is 0.00000355. The van der Waals surface area contributed by atoms with Crippen molar-refractivity contribution in [2.75, 3.05) is 7.11 Å². The summed E-state index contributed by atoms with van der Waals surface area (Å²) in [5, 5.41) is 71.5. The van der Waals surface area contributed by atoms with Crippen molar-refractivity contribution in [3.8, 4) is 11.5 Å². The molecule has 4 aliphatic rings. The van der Waals surface area contributed by atoms with E-state index in [1.54, 1.807) is 6.92 Å². The number of carbonyl (C=O) groups excluding carboxylic acids is 2. The number of ketones is 2. The maximum atomic E-state index is 13.8. The van der Waals surface area contributed by atoms with Gasteiger partial charge in [-0.2, -0.15) is 27.8 Å². The minimum absolute atomic E-state index is 0. The number of aryl methyl sites for hydroxylation is 1. The third-order valence-electron chi connectivity index (χ3n) is 9.58. The molecule has 6 N–H and O–H groups in total. The zero-order chi connectivity index (χ0) is 48.7. The number of hydrogen-bond donors (Lipinski definition) is 6. The van der Waals surface area contributed by atoms with E-state index >= 15 is 0 Å². The molecular weight excluding hydrogens is 1010 g/mol. The van der Waals surface area contributed by atoms with Crippen molar-refractivity contribution in [1.29, 1.82) is 0 Å². The molecule has 70 heavy (non-hydrogen) atoms. The van der Waals surface area contributed by atoms with E-state index in [4.69, 9.17) is 16.3 Å². The summed E-state index contributed by atoms with van der Waals surface area (Å²) in [6.45, 7) is 1.60. The average molecular weight is 1040 g/mol. The first-order chi connectivity index (χ1) is 31.5. The monoisotopic (exact) mass is 1040 g/mol. The van der Waals surface area contributed by atoms with Gasteiger partial charge in [0, 0.05) is 23.8 Å². The molecule has 7 rings (SSSR count). The van der Waals surface area contributed by atoms with Crippen LogP contribution in [0, 0.1) is 6.92 Å². The van der Waals surface area contributed by atoms with Gasteiger partial charge in [-0.05, 0) is 88.0 Å². The number of methoxy groups -OCH3 is 1. The molecule has 3 aromatic carbocycles. The molecule has 23 nitrogen and oxygen atoms in total. The van der Waals surface area contributed by atoms with Crippen molar-refractivity contribution in [3.05, 3.63) is 150 Å². The van der Waals surface area contributed by atoms with Gasteiger partial charge in [0.15, 0.2) is 5.71 Å². The summed E-state index contributed by atoms with van der Waals surface area (Å²) in [7, 11) is -8.75. The van der Waals surface area contributed by atoms with Crippen LogP contribution in [0.3, 0.4) is 0 Å². The Morgan fingerprint density at radius 2 is 1.59 bits per heavy atom. The first kappa shape index (κ1) is 57.7. The number of hydrogen-bond acceptors (Lipinski definition) is 18. The van der Waals surface area contributed by atoms with Gasteiger partial charge in [-0.1, -0.05) is 47.0 Å². The fourth-order valence-electron chi connectivity index (χ4n) is 6.37. The van der Waals surface area contributed by atoms with E-state index in [2.05, 4.69) is 36.0 Å². The molecule has 0 heterocycles. The van der Waals surface area contributed by atoms with Crippen molar-refractivity contribution in [2.45, 2.75) is 6.92 Å². The number of carboxylic acid groups (broad SMARTS) is 1. The minimum Gasteiger partial charge on any atom is -0.872 e. The number of rotatable bonds is 11. The Morgan fingerprint density at radius 3 is 2.23 bits per heavy atom. The van der Waals surface area contributed by atoms with Crippen LogP contribution in [0.2, 0.25) is 0 Å². The van der Waals surface area contributed by atoms with Gasteiger partial charge in [0.2, 0.25) is 11.6 Å². The first-order valence-corrected chi connectivity index (χ1v) is 21.7. The standard InChI is InChI=1S/C41H29ClN8O15S2.3Na/c1-18-9-30(34(65-2)16-28(18)45-44-23-5-8-32(51)26(14-23)41(55)56)47-49-38-36(67(62,63)64)13-20-11-22(4-7-25(20)40(38)54)43-21-3-6-24-19(10-21)12-35(66(59,60)61)37(39(24)53)48-46-29-15-27(42)31(50(57)58)17-33(29)52;;;/h3-17,57-58H,1-2H3,(H6-,43,44,45,46,47,48,49,51,52,53,54,55,56,59,60,61,62,63,64);;;/q;3*+1/p-2. The molecule has 0 aromatic heterocycles. The Morgan fingerprint density at radius 1 is 0.886 bits per heavy atom. The van der Waals surface area contributed by atoms with Gasteiger partial charge in [-0.3, -0.25) is 24.6 Å². The Kier molecular flexibility index (Phi) is 19.1. The van der Waals surface area contributed by atoms with E-state index < -0.39 is 93.1 Å². The van der Waals surface area contributed by atoms with E-state index in [0.29, 0.717) is 11.6 Å². The number of carboxylic acids is 1. The Labute approximate surface area is 467 Å². The summed E-state index contributed by atoms with van der Waals surface area (Å²) in [5.41, 5.74) is 1.77. The van der Waals surface area contributed by atoms with Crippen molar-refractivity contribution in [2.24, 2.45) is 30.5 Å². The number of carbonyl (C=O) groups is 3. The van der Waals surface area contributed by atoms with E-state index in [1.807, 2.05) is 0 Å². The van der Waals surface area contributed by atoms with Crippen LogP contribution in [0.5, 0.6) is 11.5 Å². The number of ether oxygens (including phenoxy) is 1. The number of halogens is 1. The normalized spacial score (nSPS) is 17.9. The molecule has 0 spiro atoms. The second-order valence-electron chi connectivity index (χ2n) is 14.0. The summed E-state index contributed by atoms with van der Waals surface area (Å²) >= 11 is 5.92. The molecule has 342 valence electrons. The van der Waals surface area contributed by atoms with Gasteiger partial charge in [-0.15, -0.1) is 15.4 Å². The second kappa shape index (κ2) is 23.1. The van der Waals surface area contributed by atoms with E-state index in [0.717, 1.165) is 30.4 Å². The molecule has 0 fully saturated rings. The van der Waals surface area contributed by atoms with Crippen LogP contribution in [0.1, 0.15) is 31.8 Å². The molecule has 29 heteroatoms. The maximum Gasteiger partial charge on any atom is 1.00 e. The Hall–Kier alpha value is -4.88. The van der Waals surface area contributed by atoms with Crippen molar-refractivity contribution >= 4 is 101 Å². The smallest absolute Gasteiger partial charge is 0.872 e. The Bertz CT molecular complexity index is 3330. The van der Waals surface area contributed by atoms with Crippen LogP contribution < -0.4 is 104 Å². The molecule has 3 aromatic rings. The summed E-state index contributed by atoms with van der Waals surface area (Å²) in [4.78, 5) is 40.2. The number of benzene rings is 3. The number of aliphatic imine (C=N–C) groups is 1. The summed E-state index contributed by atoms with van der Waals surface area (Å²) in [5.74, 6) is -5.00. The van der Waals surface area contributed by atoms with Gasteiger partial charge in [0.25, 0.3) is 15.0 Å². The van der Waals surface area contributed by atoms with Crippen LogP contribution in [0.15, 0.2) is 153 Å². The molecule has 0 bridgehead atoms. The van der Waals surface area contributed by atoms with Gasteiger partial charge < -0.3 is 30.6 Å². The van der Waals surface area contributed by atoms with Gasteiger partial charge in [0.1, 0.15) is 22.1 Å². The van der Waals surface area contributed by atoms with E-state index in [-0.39, 0.29) is 150 Å². The number of allylic oxidation sites excluding steroid dienone is 11. The van der Waals surface area contributed by atoms with Gasteiger partial charge in [0.05, 0.1) is 46.2 Å². The SMILES string of the molecule is COc1cc(N=Nc2ccc([O-])c(C(=O)O)c2)c(C)cc1[N-]N=C1C(=O)c2ccc(N=C3C=CC4=C([O-])C(=NN=C5C=C(Cl)C(N(O)O)=CC5=O)C(S(=O)(=O)O)=CC4=C3)cc2C=C1[S+](=O)(O)O.[Na+].[Na+].[Na+]. The quantitative estimate of drug-likeness (QED) is 0.0273. The van der Waals surface area contributed by atoms with Crippen LogP contribution in [0.25, 0.3) is 11.5 Å². The van der Waals surface area contributed by atoms with Crippen molar-refractivity contribution < 1.29 is 160 Å². The van der Waals surface area contributed by atoms with Crippen LogP contribution in [-0.2, 0) is 29.6 Å². The van der Waals surface area contributed by atoms with Crippen LogP contribution in [-0.4, -0.2) is 90.3 Å². The predicted molar refractivity (Wildman–Crippen MR) is 236 cm³/mol. The number of aromatic carboxylic acids is 1. The number of hydroxylamine groups is 2. The maximum absolute atomic E-state index is 13.8. The number of fused-ring (bicyclic) bond motifs is 2. The fraction of sp³-hybridized carbons (Fsp3) is 0.0488. The fourth-order valence-corrected chi connectivity index (χ4v) is 7.92. The van der Waals surface area contributed by atoms with Crippen LogP contribution in [0.4, 0.5) is 22.7 Å². The molecule has 0 unspecified atom stereocenters. The molecule has 0 amide bonds. The van der Waals surface area contributed by atoms with Crippen LogP contribution >= 0.6 is 11.6 Å². The van der Waals surface area contributed by atoms with Crippen molar-refractivity contribution in [1.82, 2.24) is 5.23 Å². The molecule has 0 saturated heterocycles. The third kappa shape index (κ3) is 12.6. The predicted octanol–water partition coefficient (Wildman–Crippen LogP) is -3.32. The van der Waals surface area contributed by atoms with Gasteiger partial charge in [-0.25, -0.2) is 9.79 Å². The summed E-state index contributed by atoms with van der Waals surface area (Å²) in [6, 6.07) is 10.2. The second-order valence-corrected chi connectivity index (χ2v) is 17.2. The molecule has 0 saturated carbocycles. The summed E-state index contributed by atoms with van der Waals surface area (Å²) in [6.07, 6.45) is 7.37. The summed E-state index contributed by atoms with van der Waals surface area (Å²) < 4.78 is 73.6. The molecule has 0 aliphatic heterocycles. The third-order valence-corrected chi connectivity index (χ3v) is 11.6. The molecule has 4 aliphatic carbocycles.